The fraction of sp³-hybridized carbons (Fsp3) is 0.312. The monoisotopic (exact) mass is 340 g/mol. The first-order chi connectivity index (χ1) is 12.0. The molecule has 0 N–H and O–H groups in total. The minimum atomic E-state index is -0.469. The average Bonchev–Trinajstić information content (AvgIpc) is 3.22. The van der Waals surface area contributed by atoms with Crippen LogP contribution in [0, 0.1) is 0 Å². The van der Waals surface area contributed by atoms with E-state index in [2.05, 4.69) is 9.97 Å². The predicted molar refractivity (Wildman–Crippen MR) is 90.5 cm³/mol. The third kappa shape index (κ3) is 2.19. The van der Waals surface area contributed by atoms with Crippen molar-refractivity contribution in [2.45, 2.75) is 13.0 Å². The summed E-state index contributed by atoms with van der Waals surface area (Å²) in [5, 5.41) is 0. The lowest BCUT2D eigenvalue weighted by Gasteiger charge is -2.16. The van der Waals surface area contributed by atoms with E-state index < -0.39 is 11.2 Å². The molecule has 0 spiro atoms. The molecule has 1 amide bonds. The summed E-state index contributed by atoms with van der Waals surface area (Å²) in [5.41, 5.74) is 0.610. The number of amides is 1. The van der Waals surface area contributed by atoms with Gasteiger partial charge in [0.05, 0.1) is 6.33 Å². The Bertz CT molecular complexity index is 1120. The quantitative estimate of drug-likeness (QED) is 0.622. The summed E-state index contributed by atoms with van der Waals surface area (Å²) >= 11 is 0. The maximum absolute atomic E-state index is 12.7. The van der Waals surface area contributed by atoms with Crippen LogP contribution in [0.3, 0.4) is 0 Å². The van der Waals surface area contributed by atoms with Crippen LogP contribution in [0.2, 0.25) is 0 Å². The SMILES string of the molecule is Cn1c(=O)c2c(ncn2CC(=O)N2CCc3cccnc32)n(C)c1=O. The molecule has 0 bridgehead atoms. The number of rotatable bonds is 2. The van der Waals surface area contributed by atoms with Crippen LogP contribution in [0.1, 0.15) is 5.56 Å². The van der Waals surface area contributed by atoms with Gasteiger partial charge in [-0.1, -0.05) is 6.07 Å². The second kappa shape index (κ2) is 5.40. The van der Waals surface area contributed by atoms with Gasteiger partial charge in [0.1, 0.15) is 12.4 Å². The molecule has 3 aromatic heterocycles. The minimum absolute atomic E-state index is 0.0417. The Morgan fingerprint density at radius 3 is 2.80 bits per heavy atom. The van der Waals surface area contributed by atoms with E-state index in [1.807, 2.05) is 12.1 Å². The smallest absolute Gasteiger partial charge is 0.315 e. The van der Waals surface area contributed by atoms with Crippen LogP contribution in [-0.4, -0.2) is 36.1 Å². The Morgan fingerprint density at radius 2 is 2.00 bits per heavy atom. The molecule has 25 heavy (non-hydrogen) atoms. The van der Waals surface area contributed by atoms with Gasteiger partial charge in [-0.2, -0.15) is 0 Å². The van der Waals surface area contributed by atoms with Crippen LogP contribution in [-0.2, 0) is 31.9 Å². The molecular weight excluding hydrogens is 324 g/mol. The molecule has 4 rings (SSSR count). The van der Waals surface area contributed by atoms with Gasteiger partial charge in [0.25, 0.3) is 5.56 Å². The first kappa shape index (κ1) is 15.3. The van der Waals surface area contributed by atoms with Crippen LogP contribution in [0.25, 0.3) is 11.2 Å². The van der Waals surface area contributed by atoms with Crippen molar-refractivity contribution in [3.63, 3.8) is 0 Å². The average molecular weight is 340 g/mol. The molecule has 0 aliphatic carbocycles. The second-order valence-electron chi connectivity index (χ2n) is 6.03. The van der Waals surface area contributed by atoms with Gasteiger partial charge in [-0.15, -0.1) is 0 Å². The van der Waals surface area contributed by atoms with E-state index in [9.17, 15) is 14.4 Å². The summed E-state index contributed by atoms with van der Waals surface area (Å²) < 4.78 is 3.79. The summed E-state index contributed by atoms with van der Waals surface area (Å²) in [6, 6.07) is 3.80. The van der Waals surface area contributed by atoms with Crippen molar-refractivity contribution in [2.24, 2.45) is 14.1 Å². The van der Waals surface area contributed by atoms with E-state index in [1.165, 1.54) is 22.5 Å². The lowest BCUT2D eigenvalue weighted by atomic mass is 10.2. The van der Waals surface area contributed by atoms with Gasteiger partial charge in [0.15, 0.2) is 11.2 Å². The molecule has 3 aromatic rings. The molecule has 9 nitrogen and oxygen atoms in total. The molecule has 9 heteroatoms. The van der Waals surface area contributed by atoms with Gasteiger partial charge in [0, 0.05) is 26.8 Å². The standard InChI is InChI=1S/C16H16N6O3/c1-19-14-12(15(24)20(2)16(19)25)21(9-18-14)8-11(23)22-7-5-10-4-3-6-17-13(10)22/h3-4,6,9H,5,7-8H2,1-2H3. The third-order valence-corrected chi connectivity index (χ3v) is 4.55. The van der Waals surface area contributed by atoms with Crippen molar-refractivity contribution in [3.8, 4) is 0 Å². The molecule has 0 unspecified atom stereocenters. The van der Waals surface area contributed by atoms with E-state index in [1.54, 1.807) is 18.1 Å². The van der Waals surface area contributed by atoms with Crippen LogP contribution >= 0.6 is 0 Å². The maximum atomic E-state index is 12.7. The zero-order valence-corrected chi connectivity index (χ0v) is 13.8. The van der Waals surface area contributed by atoms with Crippen LogP contribution in [0.4, 0.5) is 5.82 Å². The summed E-state index contributed by atoms with van der Waals surface area (Å²) in [5.74, 6) is 0.491. The molecule has 0 aromatic carbocycles. The number of imidazole rings is 1. The molecule has 4 heterocycles. The fourth-order valence-electron chi connectivity index (χ4n) is 3.20. The molecule has 0 saturated carbocycles. The number of aryl methyl sites for hydroxylation is 1. The highest BCUT2D eigenvalue weighted by Crippen LogP contribution is 2.25. The fourth-order valence-corrected chi connectivity index (χ4v) is 3.20. The van der Waals surface area contributed by atoms with Crippen LogP contribution in [0.5, 0.6) is 0 Å². The first-order valence-corrected chi connectivity index (χ1v) is 7.84. The Balaban J connectivity index is 1.74. The highest BCUT2D eigenvalue weighted by atomic mass is 16.2. The van der Waals surface area contributed by atoms with E-state index in [0.717, 1.165) is 16.6 Å². The van der Waals surface area contributed by atoms with E-state index in [0.29, 0.717) is 12.4 Å². The largest absolute Gasteiger partial charge is 0.332 e. The van der Waals surface area contributed by atoms with Gasteiger partial charge in [-0.25, -0.2) is 14.8 Å². The van der Waals surface area contributed by atoms with Gasteiger partial charge in [-0.3, -0.25) is 23.6 Å². The molecule has 0 atom stereocenters. The van der Waals surface area contributed by atoms with Crippen LogP contribution in [0.15, 0.2) is 34.2 Å². The molecule has 0 radical (unpaired) electrons. The molecule has 1 aliphatic heterocycles. The number of hydrogen-bond acceptors (Lipinski definition) is 5. The topological polar surface area (TPSA) is 95.0 Å². The Labute approximate surface area is 141 Å². The number of pyridine rings is 1. The predicted octanol–water partition coefficient (Wildman–Crippen LogP) is -0.582. The zero-order valence-electron chi connectivity index (χ0n) is 13.8. The summed E-state index contributed by atoms with van der Waals surface area (Å²) in [6.07, 6.45) is 3.83. The summed E-state index contributed by atoms with van der Waals surface area (Å²) in [7, 11) is 2.95. The zero-order chi connectivity index (χ0) is 17.7. The summed E-state index contributed by atoms with van der Waals surface area (Å²) in [4.78, 5) is 47.2. The van der Waals surface area contributed by atoms with Gasteiger partial charge >= 0.3 is 5.69 Å². The normalized spacial score (nSPS) is 13.4. The lowest BCUT2D eigenvalue weighted by Crippen LogP contribution is -2.38. The highest BCUT2D eigenvalue weighted by Gasteiger charge is 2.26. The van der Waals surface area contributed by atoms with E-state index in [4.69, 9.17) is 0 Å². The van der Waals surface area contributed by atoms with Gasteiger partial charge in [-0.05, 0) is 18.1 Å². The van der Waals surface area contributed by atoms with Crippen molar-refractivity contribution in [1.29, 1.82) is 0 Å². The Morgan fingerprint density at radius 1 is 1.20 bits per heavy atom. The number of nitrogens with zero attached hydrogens (tertiary/aromatic N) is 6. The summed E-state index contributed by atoms with van der Waals surface area (Å²) in [6.45, 7) is 0.522. The first-order valence-electron chi connectivity index (χ1n) is 7.84. The second-order valence-corrected chi connectivity index (χ2v) is 6.03. The number of carbonyl (C=O) groups excluding carboxylic acids is 1. The van der Waals surface area contributed by atoms with E-state index >= 15 is 0 Å². The number of hydrogen-bond donors (Lipinski definition) is 0. The van der Waals surface area contributed by atoms with Crippen LogP contribution < -0.4 is 16.1 Å². The number of aromatic nitrogens is 5. The molecule has 0 saturated heterocycles. The van der Waals surface area contributed by atoms with Crippen molar-refractivity contribution in [2.75, 3.05) is 11.4 Å². The lowest BCUT2D eigenvalue weighted by molar-refractivity contribution is -0.119. The maximum Gasteiger partial charge on any atom is 0.332 e. The Kier molecular flexibility index (Phi) is 3.31. The van der Waals surface area contributed by atoms with Gasteiger partial charge in [0.2, 0.25) is 5.91 Å². The minimum Gasteiger partial charge on any atom is -0.315 e. The van der Waals surface area contributed by atoms with Crippen molar-refractivity contribution in [1.82, 2.24) is 23.7 Å². The Hall–Kier alpha value is -3.23. The molecule has 1 aliphatic rings. The number of anilines is 1. The van der Waals surface area contributed by atoms with Crippen molar-refractivity contribution in [3.05, 3.63) is 51.1 Å². The van der Waals surface area contributed by atoms with E-state index in [-0.39, 0.29) is 23.6 Å². The highest BCUT2D eigenvalue weighted by molar-refractivity contribution is 5.94. The molecule has 128 valence electrons. The van der Waals surface area contributed by atoms with Crippen molar-refractivity contribution < 1.29 is 4.79 Å². The van der Waals surface area contributed by atoms with Crippen molar-refractivity contribution >= 4 is 22.9 Å². The third-order valence-electron chi connectivity index (χ3n) is 4.55. The number of fused-ring (bicyclic) bond motifs is 2. The number of carbonyl (C=O) groups is 1. The molecular formula is C16H16N6O3. The molecule has 0 fully saturated rings. The van der Waals surface area contributed by atoms with Gasteiger partial charge < -0.3 is 4.57 Å².